The van der Waals surface area contributed by atoms with Crippen molar-refractivity contribution in [3.8, 4) is 12.3 Å². The Kier molecular flexibility index (Phi) is 6.35. The summed E-state index contributed by atoms with van der Waals surface area (Å²) in [6.45, 7) is 1.54. The minimum absolute atomic E-state index is 0.588. The lowest BCUT2D eigenvalue weighted by Crippen LogP contribution is -1.90. The molecule has 0 aromatic heterocycles. The van der Waals surface area contributed by atoms with E-state index in [1.54, 1.807) is 6.92 Å². The predicted octanol–water partition coefficient (Wildman–Crippen LogP) is -0.496. The van der Waals surface area contributed by atoms with Crippen LogP contribution in [0.3, 0.4) is 0 Å². The molecule has 0 saturated heterocycles. The van der Waals surface area contributed by atoms with Crippen LogP contribution in [-0.4, -0.2) is 30.4 Å². The summed E-state index contributed by atoms with van der Waals surface area (Å²) in [7, 11) is -3.67. The van der Waals surface area contributed by atoms with Crippen LogP contribution >= 0.6 is 0 Å². The van der Waals surface area contributed by atoms with Crippen molar-refractivity contribution in [2.24, 2.45) is 0 Å². The van der Waals surface area contributed by atoms with Crippen molar-refractivity contribution >= 4 is 10.1 Å². The fourth-order valence-corrected chi connectivity index (χ4v) is 0. The Labute approximate surface area is 60.6 Å². The number of hydrogen-bond donors (Lipinski definition) is 2. The molecule has 0 aliphatic carbocycles. The number of terminal acetylenes is 1. The van der Waals surface area contributed by atoms with Crippen LogP contribution in [0.5, 0.6) is 0 Å². The van der Waals surface area contributed by atoms with Gasteiger partial charge in [0.2, 0.25) is 0 Å². The molecule has 0 rings (SSSR count). The van der Waals surface area contributed by atoms with E-state index >= 15 is 0 Å². The van der Waals surface area contributed by atoms with E-state index in [9.17, 15) is 8.42 Å². The Balaban J connectivity index is 0. The summed E-state index contributed by atoms with van der Waals surface area (Å²) >= 11 is 0. The molecule has 0 heterocycles. The molecule has 1 unspecified atom stereocenters. The highest BCUT2D eigenvalue weighted by atomic mass is 32.2. The lowest BCUT2D eigenvalue weighted by Gasteiger charge is -1.80. The summed E-state index contributed by atoms with van der Waals surface area (Å²) in [5.41, 5.74) is 0. The molecule has 0 spiro atoms. The van der Waals surface area contributed by atoms with Crippen molar-refractivity contribution in [2.45, 2.75) is 13.0 Å². The van der Waals surface area contributed by atoms with Crippen LogP contribution < -0.4 is 0 Å². The van der Waals surface area contributed by atoms with Gasteiger partial charge in [-0.2, -0.15) is 8.42 Å². The Hall–Kier alpha value is -0.570. The van der Waals surface area contributed by atoms with E-state index in [4.69, 9.17) is 9.66 Å². The minimum atomic E-state index is -3.67. The van der Waals surface area contributed by atoms with Gasteiger partial charge >= 0.3 is 0 Å². The predicted molar refractivity (Wildman–Crippen MR) is 38.0 cm³/mol. The number of hydrogen-bond acceptors (Lipinski definition) is 3. The van der Waals surface area contributed by atoms with Gasteiger partial charge in [-0.1, -0.05) is 5.92 Å². The molecule has 0 bridgehead atoms. The van der Waals surface area contributed by atoms with Gasteiger partial charge in [0.1, 0.15) is 6.10 Å². The van der Waals surface area contributed by atoms with Gasteiger partial charge in [0.05, 0.1) is 6.26 Å². The summed E-state index contributed by atoms with van der Waals surface area (Å²) in [4.78, 5) is 0. The summed E-state index contributed by atoms with van der Waals surface area (Å²) in [5, 5.41) is 8.12. The number of aliphatic hydroxyl groups is 1. The lowest BCUT2D eigenvalue weighted by molar-refractivity contribution is 0.253. The van der Waals surface area contributed by atoms with Crippen LogP contribution in [0.2, 0.25) is 0 Å². The van der Waals surface area contributed by atoms with Crippen LogP contribution in [0, 0.1) is 12.3 Å². The zero-order chi connectivity index (χ0) is 8.78. The highest BCUT2D eigenvalue weighted by molar-refractivity contribution is 7.85. The molecular weight excluding hydrogens is 156 g/mol. The zero-order valence-corrected chi connectivity index (χ0v) is 6.59. The van der Waals surface area contributed by atoms with Crippen LogP contribution in [0.25, 0.3) is 0 Å². The van der Waals surface area contributed by atoms with Crippen LogP contribution in [0.15, 0.2) is 0 Å². The molecule has 0 amide bonds. The molecular formula is C5H10O4S. The summed E-state index contributed by atoms with van der Waals surface area (Å²) in [6.07, 6.45) is 4.80. The Morgan fingerprint density at radius 1 is 1.60 bits per heavy atom. The van der Waals surface area contributed by atoms with Crippen LogP contribution in [0.1, 0.15) is 6.92 Å². The molecule has 10 heavy (non-hydrogen) atoms. The monoisotopic (exact) mass is 166 g/mol. The second-order valence-electron chi connectivity index (χ2n) is 1.58. The van der Waals surface area contributed by atoms with E-state index < -0.39 is 16.2 Å². The van der Waals surface area contributed by atoms with Crippen molar-refractivity contribution in [2.75, 3.05) is 6.26 Å². The van der Waals surface area contributed by atoms with Gasteiger partial charge in [-0.05, 0) is 6.92 Å². The zero-order valence-electron chi connectivity index (χ0n) is 5.77. The van der Waals surface area contributed by atoms with Crippen molar-refractivity contribution in [3.63, 3.8) is 0 Å². The van der Waals surface area contributed by atoms with E-state index in [-0.39, 0.29) is 0 Å². The van der Waals surface area contributed by atoms with Gasteiger partial charge in [-0.3, -0.25) is 4.55 Å². The maximum Gasteiger partial charge on any atom is 0.261 e. The van der Waals surface area contributed by atoms with Gasteiger partial charge in [0.25, 0.3) is 10.1 Å². The van der Waals surface area contributed by atoms with Crippen molar-refractivity contribution < 1.29 is 18.1 Å². The number of rotatable bonds is 0. The largest absolute Gasteiger partial charge is 0.381 e. The third-order valence-corrected chi connectivity index (χ3v) is 0.241. The minimum Gasteiger partial charge on any atom is -0.381 e. The molecule has 0 fully saturated rings. The molecule has 0 aliphatic heterocycles. The summed E-state index contributed by atoms with van der Waals surface area (Å²) < 4.78 is 25.9. The molecule has 0 aromatic carbocycles. The first kappa shape index (κ1) is 12.1. The van der Waals surface area contributed by atoms with E-state index in [0.717, 1.165) is 0 Å². The average Bonchev–Trinajstić information content (AvgIpc) is 1.61. The van der Waals surface area contributed by atoms with Crippen LogP contribution in [0.4, 0.5) is 0 Å². The SMILES string of the molecule is C#CC(C)O.CS(=O)(=O)O. The van der Waals surface area contributed by atoms with Crippen LogP contribution in [-0.2, 0) is 10.1 Å². The smallest absolute Gasteiger partial charge is 0.261 e. The third kappa shape index (κ3) is 150. The highest BCUT2D eigenvalue weighted by Gasteiger charge is 1.81. The maximum atomic E-state index is 9.19. The average molecular weight is 166 g/mol. The van der Waals surface area contributed by atoms with Gasteiger partial charge in [0, 0.05) is 0 Å². The Morgan fingerprint density at radius 2 is 1.70 bits per heavy atom. The first-order chi connectivity index (χ1) is 4.27. The molecule has 0 radical (unpaired) electrons. The van der Waals surface area contributed by atoms with E-state index in [2.05, 4.69) is 12.3 Å². The molecule has 1 atom stereocenters. The summed E-state index contributed by atoms with van der Waals surface area (Å²) in [6, 6.07) is 0. The molecule has 4 nitrogen and oxygen atoms in total. The molecule has 0 aliphatic rings. The molecule has 0 saturated carbocycles. The van der Waals surface area contributed by atoms with E-state index in [1.807, 2.05) is 0 Å². The van der Waals surface area contributed by atoms with Gasteiger partial charge < -0.3 is 5.11 Å². The maximum absolute atomic E-state index is 9.19. The normalized spacial score (nSPS) is 12.3. The second-order valence-corrected chi connectivity index (χ2v) is 3.04. The standard InChI is InChI=1S/C4H6O.CH4O3S/c1-3-4(2)5;1-5(2,3)4/h1,4-5H,2H3;1H3,(H,2,3,4). The van der Waals surface area contributed by atoms with E-state index in [0.29, 0.717) is 6.26 Å². The Morgan fingerprint density at radius 3 is 1.70 bits per heavy atom. The first-order valence-corrected chi connectivity index (χ1v) is 4.19. The fraction of sp³-hybridized carbons (Fsp3) is 0.600. The molecule has 60 valence electrons. The van der Waals surface area contributed by atoms with Gasteiger partial charge in [-0.15, -0.1) is 6.42 Å². The summed E-state index contributed by atoms with van der Waals surface area (Å²) in [5.74, 6) is 2.08. The molecule has 0 aromatic rings. The van der Waals surface area contributed by atoms with Crippen molar-refractivity contribution in [1.29, 1.82) is 0 Å². The fourth-order valence-electron chi connectivity index (χ4n) is 0. The Bertz CT molecular complexity index is 188. The van der Waals surface area contributed by atoms with Gasteiger partial charge in [0.15, 0.2) is 0 Å². The van der Waals surface area contributed by atoms with Crippen molar-refractivity contribution in [1.82, 2.24) is 0 Å². The highest BCUT2D eigenvalue weighted by Crippen LogP contribution is 1.66. The van der Waals surface area contributed by atoms with Crippen molar-refractivity contribution in [3.05, 3.63) is 0 Å². The first-order valence-electron chi connectivity index (χ1n) is 2.34. The third-order valence-electron chi connectivity index (χ3n) is 0.241. The van der Waals surface area contributed by atoms with E-state index in [1.165, 1.54) is 0 Å². The topological polar surface area (TPSA) is 74.6 Å². The molecule has 5 heteroatoms. The number of aliphatic hydroxyl groups excluding tert-OH is 1. The lowest BCUT2D eigenvalue weighted by atomic mass is 10.4. The second kappa shape index (κ2) is 5.23. The molecule has 2 N–H and O–H groups in total. The van der Waals surface area contributed by atoms with Gasteiger partial charge in [-0.25, -0.2) is 0 Å². The quantitative estimate of drug-likeness (QED) is 0.376.